The molecular formula is C15H23N3O2. The topological polar surface area (TPSA) is 63.1 Å². The van der Waals surface area contributed by atoms with E-state index in [4.69, 9.17) is 0 Å². The highest BCUT2D eigenvalue weighted by Crippen LogP contribution is 2.20. The molecule has 2 rings (SSSR count). The van der Waals surface area contributed by atoms with Crippen LogP contribution < -0.4 is 16.2 Å². The van der Waals surface area contributed by atoms with Gasteiger partial charge in [0.2, 0.25) is 5.91 Å². The van der Waals surface area contributed by atoms with Crippen LogP contribution in [-0.2, 0) is 11.3 Å². The number of rotatable bonds is 4. The Balaban J connectivity index is 2.02. The van der Waals surface area contributed by atoms with E-state index in [1.54, 1.807) is 16.8 Å². The van der Waals surface area contributed by atoms with Crippen LogP contribution in [0.25, 0.3) is 0 Å². The van der Waals surface area contributed by atoms with Gasteiger partial charge in [0.15, 0.2) is 0 Å². The molecule has 1 aliphatic rings. The largest absolute Gasteiger partial charge is 0.323 e. The fraction of sp³-hybridized carbons (Fsp3) is 0.600. The lowest BCUT2D eigenvalue weighted by molar-refractivity contribution is -0.119. The van der Waals surface area contributed by atoms with Gasteiger partial charge in [-0.2, -0.15) is 0 Å². The van der Waals surface area contributed by atoms with Crippen LogP contribution in [-0.4, -0.2) is 23.1 Å². The number of aromatic nitrogens is 1. The number of hydrogen-bond donors (Lipinski definition) is 2. The molecule has 0 aromatic carbocycles. The van der Waals surface area contributed by atoms with Crippen molar-refractivity contribution in [1.82, 2.24) is 9.88 Å². The van der Waals surface area contributed by atoms with Gasteiger partial charge in [-0.25, -0.2) is 0 Å². The molecule has 2 heterocycles. The van der Waals surface area contributed by atoms with Crippen LogP contribution in [0.3, 0.4) is 0 Å². The van der Waals surface area contributed by atoms with Crippen molar-refractivity contribution in [2.75, 3.05) is 11.9 Å². The summed E-state index contributed by atoms with van der Waals surface area (Å²) in [6.07, 6.45) is 4.84. The van der Waals surface area contributed by atoms with Crippen LogP contribution in [0, 0.1) is 5.92 Å². The first-order chi connectivity index (χ1) is 9.63. The second-order valence-corrected chi connectivity index (χ2v) is 5.34. The maximum Gasteiger partial charge on any atom is 0.250 e. The van der Waals surface area contributed by atoms with Crippen LogP contribution in [0.15, 0.2) is 23.1 Å². The Kier molecular flexibility index (Phi) is 4.95. The molecule has 0 saturated carbocycles. The minimum atomic E-state index is -0.129. The lowest BCUT2D eigenvalue weighted by atomic mass is 9.90. The van der Waals surface area contributed by atoms with E-state index in [2.05, 4.69) is 17.6 Å². The monoisotopic (exact) mass is 277 g/mol. The fourth-order valence-corrected chi connectivity index (χ4v) is 2.65. The predicted octanol–water partition coefficient (Wildman–Crippen LogP) is 1.58. The van der Waals surface area contributed by atoms with Gasteiger partial charge in [0.05, 0.1) is 11.7 Å². The van der Waals surface area contributed by atoms with Crippen molar-refractivity contribution >= 4 is 11.6 Å². The molecule has 0 aliphatic carbocycles. The Labute approximate surface area is 119 Å². The standard InChI is InChI=1S/C15H23N3O2/c1-3-11-7-8-16-13(9-11)15(20)17-12-5-6-14(19)18(4-2)10-12/h5-6,10-11,13,16H,3-4,7-9H2,1-2H3,(H,17,20). The van der Waals surface area contributed by atoms with Crippen molar-refractivity contribution in [2.24, 2.45) is 5.92 Å². The molecule has 0 radical (unpaired) electrons. The second kappa shape index (κ2) is 6.70. The molecule has 0 spiro atoms. The second-order valence-electron chi connectivity index (χ2n) is 5.34. The Morgan fingerprint density at radius 2 is 2.25 bits per heavy atom. The molecule has 110 valence electrons. The van der Waals surface area contributed by atoms with Crippen molar-refractivity contribution in [2.45, 2.75) is 45.7 Å². The van der Waals surface area contributed by atoms with Crippen LogP contribution in [0.5, 0.6) is 0 Å². The van der Waals surface area contributed by atoms with Crippen LogP contribution >= 0.6 is 0 Å². The van der Waals surface area contributed by atoms with E-state index < -0.39 is 0 Å². The number of amides is 1. The molecule has 2 unspecified atom stereocenters. The highest BCUT2D eigenvalue weighted by molar-refractivity contribution is 5.94. The number of carbonyl (C=O) groups excluding carboxylic acids is 1. The van der Waals surface area contributed by atoms with E-state index in [1.807, 2.05) is 6.92 Å². The first kappa shape index (κ1) is 14.8. The number of aryl methyl sites for hydroxylation is 1. The number of nitrogens with one attached hydrogen (secondary N) is 2. The maximum absolute atomic E-state index is 12.3. The summed E-state index contributed by atoms with van der Waals surface area (Å²) in [7, 11) is 0. The van der Waals surface area contributed by atoms with Gasteiger partial charge in [-0.05, 0) is 38.3 Å². The van der Waals surface area contributed by atoms with E-state index in [1.165, 1.54) is 6.07 Å². The van der Waals surface area contributed by atoms with Gasteiger partial charge in [-0.3, -0.25) is 9.59 Å². The Morgan fingerprint density at radius 1 is 1.45 bits per heavy atom. The fourth-order valence-electron chi connectivity index (χ4n) is 2.65. The van der Waals surface area contributed by atoms with Gasteiger partial charge < -0.3 is 15.2 Å². The van der Waals surface area contributed by atoms with Gasteiger partial charge in [-0.15, -0.1) is 0 Å². The number of hydrogen-bond acceptors (Lipinski definition) is 3. The minimum Gasteiger partial charge on any atom is -0.323 e. The normalized spacial score (nSPS) is 22.5. The van der Waals surface area contributed by atoms with Gasteiger partial charge in [0.25, 0.3) is 5.56 Å². The molecule has 2 atom stereocenters. The van der Waals surface area contributed by atoms with Crippen molar-refractivity contribution in [3.63, 3.8) is 0 Å². The highest BCUT2D eigenvalue weighted by atomic mass is 16.2. The summed E-state index contributed by atoms with van der Waals surface area (Å²) in [6, 6.07) is 3.02. The van der Waals surface area contributed by atoms with Crippen LogP contribution in [0.1, 0.15) is 33.1 Å². The molecule has 5 heteroatoms. The smallest absolute Gasteiger partial charge is 0.250 e. The highest BCUT2D eigenvalue weighted by Gasteiger charge is 2.25. The Hall–Kier alpha value is -1.62. The SMILES string of the molecule is CCC1CCNC(C(=O)Nc2ccc(=O)n(CC)c2)C1. The number of anilines is 1. The van der Waals surface area contributed by atoms with E-state index in [-0.39, 0.29) is 17.5 Å². The quantitative estimate of drug-likeness (QED) is 0.878. The average Bonchev–Trinajstić information content (AvgIpc) is 2.49. The zero-order chi connectivity index (χ0) is 14.5. The average molecular weight is 277 g/mol. The van der Waals surface area contributed by atoms with E-state index in [9.17, 15) is 9.59 Å². The van der Waals surface area contributed by atoms with Crippen molar-refractivity contribution in [3.8, 4) is 0 Å². The first-order valence-electron chi connectivity index (χ1n) is 7.38. The van der Waals surface area contributed by atoms with E-state index in [0.29, 0.717) is 18.2 Å². The lowest BCUT2D eigenvalue weighted by Crippen LogP contribution is -2.46. The molecular weight excluding hydrogens is 254 g/mol. The zero-order valence-electron chi connectivity index (χ0n) is 12.2. The summed E-state index contributed by atoms with van der Waals surface area (Å²) in [4.78, 5) is 23.8. The molecule has 1 amide bonds. The number of pyridine rings is 1. The molecule has 5 nitrogen and oxygen atoms in total. The Morgan fingerprint density at radius 3 is 2.95 bits per heavy atom. The summed E-state index contributed by atoms with van der Waals surface area (Å²) in [6.45, 7) is 5.57. The van der Waals surface area contributed by atoms with E-state index in [0.717, 1.165) is 25.8 Å². The minimum absolute atomic E-state index is 0.00977. The van der Waals surface area contributed by atoms with Crippen molar-refractivity contribution < 1.29 is 4.79 Å². The molecule has 1 saturated heterocycles. The van der Waals surface area contributed by atoms with Crippen molar-refractivity contribution in [1.29, 1.82) is 0 Å². The van der Waals surface area contributed by atoms with E-state index >= 15 is 0 Å². The third-order valence-electron chi connectivity index (χ3n) is 4.00. The first-order valence-corrected chi connectivity index (χ1v) is 7.38. The Bertz CT molecular complexity index is 524. The van der Waals surface area contributed by atoms with Crippen molar-refractivity contribution in [3.05, 3.63) is 28.7 Å². The van der Waals surface area contributed by atoms with Gasteiger partial charge in [0.1, 0.15) is 0 Å². The molecule has 0 bridgehead atoms. The third-order valence-corrected chi connectivity index (χ3v) is 4.00. The van der Waals surface area contributed by atoms with Crippen LogP contribution in [0.2, 0.25) is 0 Å². The van der Waals surface area contributed by atoms with Gasteiger partial charge >= 0.3 is 0 Å². The number of nitrogens with zero attached hydrogens (tertiary/aromatic N) is 1. The molecule has 1 aromatic heterocycles. The molecule has 1 fully saturated rings. The van der Waals surface area contributed by atoms with Gasteiger partial charge in [-0.1, -0.05) is 13.3 Å². The maximum atomic E-state index is 12.3. The summed E-state index contributed by atoms with van der Waals surface area (Å²) >= 11 is 0. The number of piperidine rings is 1. The summed E-state index contributed by atoms with van der Waals surface area (Å²) < 4.78 is 1.58. The zero-order valence-corrected chi connectivity index (χ0v) is 12.2. The molecule has 20 heavy (non-hydrogen) atoms. The third kappa shape index (κ3) is 3.48. The lowest BCUT2D eigenvalue weighted by Gasteiger charge is -2.28. The molecule has 1 aliphatic heterocycles. The summed E-state index contributed by atoms with van der Waals surface area (Å²) in [5.41, 5.74) is 0.629. The predicted molar refractivity (Wildman–Crippen MR) is 79.8 cm³/mol. The van der Waals surface area contributed by atoms with Crippen LogP contribution in [0.4, 0.5) is 5.69 Å². The summed E-state index contributed by atoms with van der Waals surface area (Å²) in [5, 5.41) is 6.16. The van der Waals surface area contributed by atoms with Gasteiger partial charge in [0, 0.05) is 18.8 Å². The molecule has 1 aromatic rings. The molecule has 2 N–H and O–H groups in total. The number of carbonyl (C=O) groups is 1. The summed E-state index contributed by atoms with van der Waals surface area (Å²) in [5.74, 6) is 0.612.